The molecule has 0 radical (unpaired) electrons. The summed E-state index contributed by atoms with van der Waals surface area (Å²) in [5.74, 6) is 0.0188. The first-order valence-corrected chi connectivity index (χ1v) is 9.17. The van der Waals surface area contributed by atoms with Crippen LogP contribution in [0.4, 0.5) is 0 Å². The highest BCUT2D eigenvalue weighted by molar-refractivity contribution is 7.98. The smallest absolute Gasteiger partial charge is 0.251 e. The molecule has 1 aromatic carbocycles. The van der Waals surface area contributed by atoms with Crippen molar-refractivity contribution in [3.05, 3.63) is 29.8 Å². The van der Waals surface area contributed by atoms with Crippen molar-refractivity contribution in [3.63, 3.8) is 0 Å². The zero-order chi connectivity index (χ0) is 14.9. The Labute approximate surface area is 132 Å². The van der Waals surface area contributed by atoms with Crippen molar-refractivity contribution >= 4 is 17.7 Å². The number of carbonyl (C=O) groups excluding carboxylic acids is 1. The van der Waals surface area contributed by atoms with E-state index in [0.29, 0.717) is 12.6 Å². The first-order valence-electron chi connectivity index (χ1n) is 7.95. The second-order valence-electron chi connectivity index (χ2n) is 5.63. The van der Waals surface area contributed by atoms with Gasteiger partial charge >= 0.3 is 0 Å². The molecule has 1 aliphatic carbocycles. The van der Waals surface area contributed by atoms with E-state index in [-0.39, 0.29) is 5.91 Å². The van der Waals surface area contributed by atoms with Crippen molar-refractivity contribution < 1.29 is 4.79 Å². The summed E-state index contributed by atoms with van der Waals surface area (Å²) in [5.41, 5.74) is 0.738. The van der Waals surface area contributed by atoms with Crippen molar-refractivity contribution in [2.24, 2.45) is 0 Å². The molecule has 0 saturated heterocycles. The predicted molar refractivity (Wildman–Crippen MR) is 90.0 cm³/mol. The van der Waals surface area contributed by atoms with Crippen LogP contribution in [0.1, 0.15) is 48.9 Å². The van der Waals surface area contributed by atoms with E-state index in [2.05, 4.69) is 10.6 Å². The molecule has 0 spiro atoms. The van der Waals surface area contributed by atoms with Crippen LogP contribution in [0.5, 0.6) is 0 Å². The van der Waals surface area contributed by atoms with Gasteiger partial charge in [0.2, 0.25) is 0 Å². The van der Waals surface area contributed by atoms with Gasteiger partial charge in [0.05, 0.1) is 0 Å². The van der Waals surface area contributed by atoms with Crippen molar-refractivity contribution in [1.29, 1.82) is 0 Å². The van der Waals surface area contributed by atoms with Gasteiger partial charge < -0.3 is 10.6 Å². The van der Waals surface area contributed by atoms with Crippen LogP contribution in [0.2, 0.25) is 0 Å². The molecular formula is C17H26N2OS. The fourth-order valence-electron chi connectivity index (χ4n) is 2.78. The minimum atomic E-state index is 0.0188. The van der Waals surface area contributed by atoms with E-state index in [1.807, 2.05) is 30.5 Å². The monoisotopic (exact) mass is 306 g/mol. The SMILES string of the molecule is CSc1ccc(C(=O)NCCNC2CCCCCC2)cc1. The molecular weight excluding hydrogens is 280 g/mol. The second kappa shape index (κ2) is 9.11. The number of hydrogen-bond acceptors (Lipinski definition) is 3. The third kappa shape index (κ3) is 5.71. The van der Waals surface area contributed by atoms with Gasteiger partial charge in [-0.05, 0) is 43.4 Å². The standard InChI is InChI=1S/C17H26N2OS/c1-21-16-10-8-14(9-11-16)17(20)19-13-12-18-15-6-4-2-3-5-7-15/h8-11,15,18H,2-7,12-13H2,1H3,(H,19,20). The number of amides is 1. The molecule has 0 atom stereocenters. The number of nitrogens with one attached hydrogen (secondary N) is 2. The average Bonchev–Trinajstić information content (AvgIpc) is 2.80. The van der Waals surface area contributed by atoms with Gasteiger partial charge in [-0.1, -0.05) is 25.7 Å². The summed E-state index contributed by atoms with van der Waals surface area (Å²) < 4.78 is 0. The van der Waals surface area contributed by atoms with Crippen LogP contribution in [0, 0.1) is 0 Å². The fraction of sp³-hybridized carbons (Fsp3) is 0.588. The molecule has 0 unspecified atom stereocenters. The van der Waals surface area contributed by atoms with Gasteiger partial charge in [-0.25, -0.2) is 0 Å². The molecule has 4 heteroatoms. The predicted octanol–water partition coefficient (Wildman–Crippen LogP) is 3.45. The minimum Gasteiger partial charge on any atom is -0.351 e. The third-order valence-electron chi connectivity index (χ3n) is 4.05. The molecule has 0 heterocycles. The van der Waals surface area contributed by atoms with Crippen LogP contribution in [-0.2, 0) is 0 Å². The van der Waals surface area contributed by atoms with E-state index >= 15 is 0 Å². The first kappa shape index (κ1) is 16.4. The molecule has 0 aromatic heterocycles. The largest absolute Gasteiger partial charge is 0.351 e. The van der Waals surface area contributed by atoms with Gasteiger partial charge in [0.15, 0.2) is 0 Å². The average molecular weight is 306 g/mol. The Hall–Kier alpha value is -1.00. The zero-order valence-corrected chi connectivity index (χ0v) is 13.7. The van der Waals surface area contributed by atoms with Crippen molar-refractivity contribution in [1.82, 2.24) is 10.6 Å². The summed E-state index contributed by atoms with van der Waals surface area (Å²) in [6.07, 6.45) is 10.0. The van der Waals surface area contributed by atoms with E-state index in [1.54, 1.807) is 11.8 Å². The molecule has 21 heavy (non-hydrogen) atoms. The number of hydrogen-bond donors (Lipinski definition) is 2. The normalized spacial score (nSPS) is 16.4. The van der Waals surface area contributed by atoms with E-state index in [1.165, 1.54) is 43.4 Å². The maximum atomic E-state index is 12.0. The van der Waals surface area contributed by atoms with Crippen molar-refractivity contribution in [2.45, 2.75) is 49.5 Å². The number of thioether (sulfide) groups is 1. The lowest BCUT2D eigenvalue weighted by molar-refractivity contribution is 0.0953. The Kier molecular flexibility index (Phi) is 7.10. The zero-order valence-electron chi connectivity index (χ0n) is 12.9. The lowest BCUT2D eigenvalue weighted by atomic mass is 10.1. The van der Waals surface area contributed by atoms with Crippen LogP contribution in [0.3, 0.4) is 0 Å². The number of benzene rings is 1. The minimum absolute atomic E-state index is 0.0188. The molecule has 2 rings (SSSR count). The van der Waals surface area contributed by atoms with Crippen molar-refractivity contribution in [2.75, 3.05) is 19.3 Å². The van der Waals surface area contributed by atoms with Gasteiger partial charge in [-0.3, -0.25) is 4.79 Å². The molecule has 1 fully saturated rings. The summed E-state index contributed by atoms with van der Waals surface area (Å²) in [4.78, 5) is 13.2. The van der Waals surface area contributed by atoms with E-state index in [0.717, 1.165) is 12.1 Å². The molecule has 0 bridgehead atoms. The highest BCUT2D eigenvalue weighted by Gasteiger charge is 2.11. The van der Waals surface area contributed by atoms with Crippen LogP contribution in [-0.4, -0.2) is 31.3 Å². The van der Waals surface area contributed by atoms with Crippen molar-refractivity contribution in [3.8, 4) is 0 Å². The maximum Gasteiger partial charge on any atom is 0.251 e. The molecule has 1 aromatic rings. The lowest BCUT2D eigenvalue weighted by Gasteiger charge is -2.16. The van der Waals surface area contributed by atoms with Gasteiger partial charge in [0.1, 0.15) is 0 Å². The third-order valence-corrected chi connectivity index (χ3v) is 4.79. The fourth-order valence-corrected chi connectivity index (χ4v) is 3.19. The van der Waals surface area contributed by atoms with Crippen LogP contribution >= 0.6 is 11.8 Å². The number of carbonyl (C=O) groups is 1. The van der Waals surface area contributed by atoms with Gasteiger partial charge in [0, 0.05) is 29.6 Å². The second-order valence-corrected chi connectivity index (χ2v) is 6.51. The lowest BCUT2D eigenvalue weighted by Crippen LogP contribution is -2.36. The summed E-state index contributed by atoms with van der Waals surface area (Å²) in [5, 5.41) is 6.55. The molecule has 0 aliphatic heterocycles. The van der Waals surface area contributed by atoms with Gasteiger partial charge in [-0.2, -0.15) is 0 Å². The molecule has 116 valence electrons. The Bertz CT molecular complexity index is 425. The highest BCUT2D eigenvalue weighted by Crippen LogP contribution is 2.17. The molecule has 3 nitrogen and oxygen atoms in total. The number of rotatable bonds is 6. The summed E-state index contributed by atoms with van der Waals surface area (Å²) in [7, 11) is 0. The van der Waals surface area contributed by atoms with Crippen LogP contribution < -0.4 is 10.6 Å². The van der Waals surface area contributed by atoms with E-state index < -0.39 is 0 Å². The van der Waals surface area contributed by atoms with E-state index in [4.69, 9.17) is 0 Å². The summed E-state index contributed by atoms with van der Waals surface area (Å²) >= 11 is 1.69. The molecule has 1 amide bonds. The van der Waals surface area contributed by atoms with Gasteiger partial charge in [-0.15, -0.1) is 11.8 Å². The van der Waals surface area contributed by atoms with Gasteiger partial charge in [0.25, 0.3) is 5.91 Å². The Balaban J connectivity index is 1.66. The molecule has 1 aliphatic rings. The summed E-state index contributed by atoms with van der Waals surface area (Å²) in [6.45, 7) is 1.55. The quantitative estimate of drug-likeness (QED) is 0.480. The van der Waals surface area contributed by atoms with E-state index in [9.17, 15) is 4.79 Å². The Morgan fingerprint density at radius 2 is 1.76 bits per heavy atom. The first-order chi connectivity index (χ1) is 10.3. The molecule has 2 N–H and O–H groups in total. The van der Waals surface area contributed by atoms with Crippen LogP contribution in [0.15, 0.2) is 29.2 Å². The Morgan fingerprint density at radius 1 is 1.10 bits per heavy atom. The molecule has 1 saturated carbocycles. The summed E-state index contributed by atoms with van der Waals surface area (Å²) in [6, 6.07) is 8.40. The highest BCUT2D eigenvalue weighted by atomic mass is 32.2. The topological polar surface area (TPSA) is 41.1 Å². The maximum absolute atomic E-state index is 12.0. The van der Waals surface area contributed by atoms with Crippen LogP contribution in [0.25, 0.3) is 0 Å². The Morgan fingerprint density at radius 3 is 2.38 bits per heavy atom.